The fraction of sp³-hybridized carbons (Fsp3) is 0.643. The van der Waals surface area contributed by atoms with Gasteiger partial charge in [-0.3, -0.25) is 14.5 Å². The minimum Gasteiger partial charge on any atom is -0.466 e. The Balaban J connectivity index is 1.73. The molecule has 1 fully saturated rings. The molecule has 0 aliphatic carbocycles. The van der Waals surface area contributed by atoms with E-state index in [1.807, 2.05) is 11.8 Å². The number of carbonyl (C=O) groups excluding carboxylic acids is 2. The lowest BCUT2D eigenvalue weighted by Crippen LogP contribution is -2.41. The minimum absolute atomic E-state index is 0.0394. The largest absolute Gasteiger partial charge is 0.466 e. The summed E-state index contributed by atoms with van der Waals surface area (Å²) >= 11 is 0. The number of hydrogen-bond donors (Lipinski definition) is 1. The molecule has 116 valence electrons. The highest BCUT2D eigenvalue weighted by atomic mass is 16.5. The average molecular weight is 295 g/mol. The van der Waals surface area contributed by atoms with Gasteiger partial charge in [-0.1, -0.05) is 5.16 Å². The van der Waals surface area contributed by atoms with Crippen molar-refractivity contribution in [3.05, 3.63) is 11.8 Å². The van der Waals surface area contributed by atoms with Crippen LogP contribution in [-0.2, 0) is 14.3 Å². The topological polar surface area (TPSA) is 84.7 Å². The molecule has 0 spiro atoms. The number of carbonyl (C=O) groups is 2. The van der Waals surface area contributed by atoms with Crippen molar-refractivity contribution in [3.63, 3.8) is 0 Å². The monoisotopic (exact) mass is 295 g/mol. The number of nitrogens with one attached hydrogen (secondary N) is 1. The summed E-state index contributed by atoms with van der Waals surface area (Å²) in [4.78, 5) is 25.5. The lowest BCUT2D eigenvalue weighted by molar-refractivity contribution is -0.149. The van der Waals surface area contributed by atoms with E-state index >= 15 is 0 Å². The zero-order valence-electron chi connectivity index (χ0n) is 12.4. The average Bonchev–Trinajstić information content (AvgIpc) is 2.85. The van der Waals surface area contributed by atoms with Crippen molar-refractivity contribution in [1.82, 2.24) is 10.1 Å². The van der Waals surface area contributed by atoms with Crippen LogP contribution in [0.4, 0.5) is 5.82 Å². The summed E-state index contributed by atoms with van der Waals surface area (Å²) in [5, 5.41) is 6.41. The molecular weight excluding hydrogens is 274 g/mol. The van der Waals surface area contributed by atoms with Crippen molar-refractivity contribution in [3.8, 4) is 0 Å². The van der Waals surface area contributed by atoms with E-state index in [-0.39, 0.29) is 17.8 Å². The first kappa shape index (κ1) is 15.5. The molecule has 0 saturated carbocycles. The van der Waals surface area contributed by atoms with Gasteiger partial charge in [0.05, 0.1) is 19.1 Å². The normalized spacial score (nSPS) is 16.7. The van der Waals surface area contributed by atoms with Gasteiger partial charge in [-0.15, -0.1) is 0 Å². The highest BCUT2D eigenvalue weighted by molar-refractivity contribution is 5.91. The molecular formula is C14H21N3O4. The standard InChI is InChI=1S/C14H21N3O4/c1-3-20-14(19)11-4-6-17(7-5-11)9-13(18)15-12-8-10(2)21-16-12/h8,11H,3-7,9H2,1-2H3,(H,15,16,18). The van der Waals surface area contributed by atoms with Crippen LogP contribution in [-0.4, -0.2) is 48.2 Å². The number of aryl methyl sites for hydroxylation is 1. The summed E-state index contributed by atoms with van der Waals surface area (Å²) < 4.78 is 9.91. The first-order valence-corrected chi connectivity index (χ1v) is 7.20. The molecule has 2 rings (SSSR count). The second-order valence-corrected chi connectivity index (χ2v) is 5.17. The maximum Gasteiger partial charge on any atom is 0.309 e. The summed E-state index contributed by atoms with van der Waals surface area (Å²) in [6.07, 6.45) is 1.46. The van der Waals surface area contributed by atoms with Crippen LogP contribution in [0, 0.1) is 12.8 Å². The second kappa shape index (κ2) is 7.21. The molecule has 21 heavy (non-hydrogen) atoms. The summed E-state index contributed by atoms with van der Waals surface area (Å²) in [5.74, 6) is 0.791. The van der Waals surface area contributed by atoms with E-state index in [9.17, 15) is 9.59 Å². The fourth-order valence-electron chi connectivity index (χ4n) is 2.40. The molecule has 1 N–H and O–H groups in total. The number of nitrogens with zero attached hydrogens (tertiary/aromatic N) is 2. The summed E-state index contributed by atoms with van der Waals surface area (Å²) in [7, 11) is 0. The molecule has 0 atom stereocenters. The van der Waals surface area contributed by atoms with Gasteiger partial charge in [0.25, 0.3) is 0 Å². The third-order valence-corrected chi connectivity index (χ3v) is 3.47. The number of aromatic nitrogens is 1. The maximum absolute atomic E-state index is 11.9. The smallest absolute Gasteiger partial charge is 0.309 e. The van der Waals surface area contributed by atoms with Crippen molar-refractivity contribution in [2.45, 2.75) is 26.7 Å². The van der Waals surface area contributed by atoms with Crippen LogP contribution < -0.4 is 5.32 Å². The van der Waals surface area contributed by atoms with E-state index in [0.29, 0.717) is 24.7 Å². The van der Waals surface area contributed by atoms with Crippen LogP contribution in [0.1, 0.15) is 25.5 Å². The molecule has 2 heterocycles. The number of amides is 1. The first-order valence-electron chi connectivity index (χ1n) is 7.20. The van der Waals surface area contributed by atoms with E-state index in [0.717, 1.165) is 25.9 Å². The van der Waals surface area contributed by atoms with Gasteiger partial charge in [-0.2, -0.15) is 0 Å². The van der Waals surface area contributed by atoms with E-state index < -0.39 is 0 Å². The second-order valence-electron chi connectivity index (χ2n) is 5.17. The molecule has 1 aromatic rings. The number of piperidine rings is 1. The Bertz CT molecular complexity index is 492. The van der Waals surface area contributed by atoms with Gasteiger partial charge in [-0.05, 0) is 39.8 Å². The van der Waals surface area contributed by atoms with Crippen molar-refractivity contribution in [2.24, 2.45) is 5.92 Å². The molecule has 1 aromatic heterocycles. The molecule has 1 amide bonds. The van der Waals surface area contributed by atoms with E-state index in [2.05, 4.69) is 10.5 Å². The van der Waals surface area contributed by atoms with Gasteiger partial charge in [0.15, 0.2) is 5.82 Å². The van der Waals surface area contributed by atoms with E-state index in [4.69, 9.17) is 9.26 Å². The van der Waals surface area contributed by atoms with Gasteiger partial charge in [0.1, 0.15) is 5.76 Å². The molecule has 1 aliphatic heterocycles. The van der Waals surface area contributed by atoms with Gasteiger partial charge < -0.3 is 14.6 Å². The summed E-state index contributed by atoms with van der Waals surface area (Å²) in [6, 6.07) is 1.67. The Hall–Kier alpha value is -1.89. The Morgan fingerprint density at radius 2 is 2.19 bits per heavy atom. The summed E-state index contributed by atoms with van der Waals surface area (Å²) in [6.45, 7) is 5.72. The van der Waals surface area contributed by atoms with Gasteiger partial charge in [0, 0.05) is 6.07 Å². The van der Waals surface area contributed by atoms with Crippen LogP contribution in [0.15, 0.2) is 10.6 Å². The summed E-state index contributed by atoms with van der Waals surface area (Å²) in [5.41, 5.74) is 0. The van der Waals surface area contributed by atoms with Gasteiger partial charge >= 0.3 is 5.97 Å². The number of rotatable bonds is 5. The molecule has 7 heteroatoms. The van der Waals surface area contributed by atoms with Crippen molar-refractivity contribution in [1.29, 1.82) is 0 Å². The number of hydrogen-bond acceptors (Lipinski definition) is 6. The lowest BCUT2D eigenvalue weighted by Gasteiger charge is -2.30. The van der Waals surface area contributed by atoms with E-state index in [1.54, 1.807) is 13.0 Å². The Labute approximate surface area is 123 Å². The number of ether oxygens (including phenoxy) is 1. The van der Waals surface area contributed by atoms with Crippen molar-refractivity contribution < 1.29 is 18.8 Å². The molecule has 1 saturated heterocycles. The quantitative estimate of drug-likeness (QED) is 0.822. The SMILES string of the molecule is CCOC(=O)C1CCN(CC(=O)Nc2cc(C)on2)CC1. The highest BCUT2D eigenvalue weighted by Crippen LogP contribution is 2.18. The minimum atomic E-state index is -0.127. The Morgan fingerprint density at radius 3 is 2.76 bits per heavy atom. The number of esters is 1. The van der Waals surface area contributed by atoms with Crippen molar-refractivity contribution >= 4 is 17.7 Å². The number of likely N-dealkylation sites (tertiary alicyclic amines) is 1. The van der Waals surface area contributed by atoms with Crippen molar-refractivity contribution in [2.75, 3.05) is 31.6 Å². The predicted octanol–water partition coefficient (Wildman–Crippen LogP) is 1.20. The number of anilines is 1. The van der Waals surface area contributed by atoms with Crippen LogP contribution in [0.25, 0.3) is 0 Å². The van der Waals surface area contributed by atoms with Gasteiger partial charge in [-0.25, -0.2) is 0 Å². The molecule has 0 radical (unpaired) electrons. The molecule has 0 unspecified atom stereocenters. The third kappa shape index (κ3) is 4.56. The molecule has 0 bridgehead atoms. The first-order chi connectivity index (χ1) is 10.1. The highest BCUT2D eigenvalue weighted by Gasteiger charge is 2.26. The predicted molar refractivity (Wildman–Crippen MR) is 75.7 cm³/mol. The Morgan fingerprint density at radius 1 is 1.48 bits per heavy atom. The van der Waals surface area contributed by atoms with Crippen LogP contribution in [0.2, 0.25) is 0 Å². The van der Waals surface area contributed by atoms with Crippen LogP contribution in [0.5, 0.6) is 0 Å². The lowest BCUT2D eigenvalue weighted by atomic mass is 9.97. The zero-order valence-corrected chi connectivity index (χ0v) is 12.4. The Kier molecular flexibility index (Phi) is 5.32. The molecule has 7 nitrogen and oxygen atoms in total. The fourth-order valence-corrected chi connectivity index (χ4v) is 2.40. The molecule has 0 aromatic carbocycles. The maximum atomic E-state index is 11.9. The van der Waals surface area contributed by atoms with E-state index in [1.165, 1.54) is 0 Å². The van der Waals surface area contributed by atoms with Crippen LogP contribution in [0.3, 0.4) is 0 Å². The van der Waals surface area contributed by atoms with Gasteiger partial charge in [0.2, 0.25) is 5.91 Å². The molecule has 1 aliphatic rings. The van der Waals surface area contributed by atoms with Crippen LogP contribution >= 0.6 is 0 Å². The zero-order chi connectivity index (χ0) is 15.2. The third-order valence-electron chi connectivity index (χ3n) is 3.47.